The van der Waals surface area contributed by atoms with E-state index in [2.05, 4.69) is 4.90 Å². The fraction of sp³-hybridized carbons (Fsp3) is 0.917. The van der Waals surface area contributed by atoms with E-state index in [1.165, 1.54) is 32.1 Å². The first-order valence-corrected chi connectivity index (χ1v) is 6.55. The van der Waals surface area contributed by atoms with Gasteiger partial charge in [0.15, 0.2) is 0 Å². The summed E-state index contributed by atoms with van der Waals surface area (Å²) in [6.45, 7) is 4.77. The predicted octanol–water partition coefficient (Wildman–Crippen LogP) is 1.20. The van der Waals surface area contributed by atoms with Gasteiger partial charge in [-0.25, -0.2) is 4.79 Å². The molecule has 4 N–H and O–H groups in total. The Morgan fingerprint density at radius 3 is 2.11 bits per heavy atom. The molecule has 1 aliphatic carbocycles. The molecule has 1 saturated carbocycles. The molecule has 0 aromatic rings. The molecule has 0 spiro atoms. The van der Waals surface area contributed by atoms with E-state index < -0.39 is 6.16 Å². The van der Waals surface area contributed by atoms with Gasteiger partial charge in [0.25, 0.3) is 0 Å². The van der Waals surface area contributed by atoms with Gasteiger partial charge >= 0.3 is 6.16 Å². The smallest absolute Gasteiger partial charge is 0.450 e. The first-order chi connectivity index (χ1) is 8.60. The van der Waals surface area contributed by atoms with Crippen molar-refractivity contribution >= 4 is 6.16 Å². The monoisotopic (exact) mass is 260 g/mol. The van der Waals surface area contributed by atoms with Crippen molar-refractivity contribution in [1.82, 2.24) is 4.90 Å². The molecule has 0 amide bonds. The lowest BCUT2D eigenvalue weighted by Crippen LogP contribution is -2.58. The molecule has 2 aliphatic rings. The molecule has 0 bridgehead atoms. The number of rotatable bonds is 2. The maximum Gasteiger partial charge on any atom is 0.503 e. The van der Waals surface area contributed by atoms with Gasteiger partial charge in [-0.15, -0.1) is 0 Å². The van der Waals surface area contributed by atoms with Crippen LogP contribution in [0, 0.1) is 0 Å². The average molecular weight is 260 g/mol. The number of ether oxygens (including phenoxy) is 1. The van der Waals surface area contributed by atoms with Crippen molar-refractivity contribution in [1.29, 1.82) is 0 Å². The first kappa shape index (κ1) is 15.2. The highest BCUT2D eigenvalue weighted by molar-refractivity contribution is 5.53. The molecule has 106 valence electrons. The van der Waals surface area contributed by atoms with Gasteiger partial charge < -0.3 is 20.7 Å². The summed E-state index contributed by atoms with van der Waals surface area (Å²) >= 11 is 0. The average Bonchev–Trinajstić information content (AvgIpc) is 2.40. The molecule has 6 heteroatoms. The second kappa shape index (κ2) is 7.56. The minimum atomic E-state index is -1.83. The van der Waals surface area contributed by atoms with Gasteiger partial charge in [0.05, 0.1) is 13.2 Å². The number of carbonyl (C=O) groups is 1. The largest absolute Gasteiger partial charge is 0.503 e. The Hall–Kier alpha value is -0.850. The van der Waals surface area contributed by atoms with Crippen molar-refractivity contribution < 1.29 is 19.7 Å². The van der Waals surface area contributed by atoms with Gasteiger partial charge in [0.2, 0.25) is 0 Å². The highest BCUT2D eigenvalue weighted by Crippen LogP contribution is 2.33. The zero-order valence-electron chi connectivity index (χ0n) is 10.8. The van der Waals surface area contributed by atoms with Crippen LogP contribution >= 0.6 is 0 Å². The zero-order chi connectivity index (χ0) is 13.4. The van der Waals surface area contributed by atoms with Crippen molar-refractivity contribution in [2.75, 3.05) is 32.8 Å². The SMILES string of the molecule is NCC1(N2CCOCC2)CCCCC1.O=C(O)O. The second-order valence-corrected chi connectivity index (χ2v) is 4.87. The summed E-state index contributed by atoms with van der Waals surface area (Å²) in [6.07, 6.45) is 4.86. The van der Waals surface area contributed by atoms with Crippen LogP contribution in [0.5, 0.6) is 0 Å². The molecule has 1 saturated heterocycles. The minimum absolute atomic E-state index is 0.321. The van der Waals surface area contributed by atoms with Crippen molar-refractivity contribution in [2.45, 2.75) is 37.6 Å². The van der Waals surface area contributed by atoms with Gasteiger partial charge in [0.1, 0.15) is 0 Å². The summed E-state index contributed by atoms with van der Waals surface area (Å²) in [4.78, 5) is 11.1. The van der Waals surface area contributed by atoms with Crippen LogP contribution in [0.3, 0.4) is 0 Å². The third-order valence-electron chi connectivity index (χ3n) is 3.85. The molecule has 0 unspecified atom stereocenters. The molecule has 1 heterocycles. The fourth-order valence-corrected chi connectivity index (χ4v) is 2.90. The van der Waals surface area contributed by atoms with E-state index in [4.69, 9.17) is 25.5 Å². The molecule has 0 atom stereocenters. The van der Waals surface area contributed by atoms with Gasteiger partial charge in [-0.2, -0.15) is 0 Å². The Bertz CT molecular complexity index is 244. The molecule has 2 rings (SSSR count). The van der Waals surface area contributed by atoms with Crippen LogP contribution in [0.4, 0.5) is 4.79 Å². The fourth-order valence-electron chi connectivity index (χ4n) is 2.90. The van der Waals surface area contributed by atoms with E-state index in [0.29, 0.717) is 5.54 Å². The third-order valence-corrected chi connectivity index (χ3v) is 3.85. The first-order valence-electron chi connectivity index (χ1n) is 6.55. The highest BCUT2D eigenvalue weighted by atomic mass is 16.6. The zero-order valence-corrected chi connectivity index (χ0v) is 10.8. The molecule has 1 aliphatic heterocycles. The number of morpholine rings is 1. The lowest BCUT2D eigenvalue weighted by atomic mass is 9.80. The predicted molar refractivity (Wildman–Crippen MR) is 67.9 cm³/mol. The lowest BCUT2D eigenvalue weighted by Gasteiger charge is -2.47. The molecular formula is C12H24N2O4. The number of hydrogen-bond acceptors (Lipinski definition) is 4. The maximum absolute atomic E-state index is 8.56. The van der Waals surface area contributed by atoms with Crippen LogP contribution < -0.4 is 5.73 Å². The molecular weight excluding hydrogens is 236 g/mol. The molecule has 6 nitrogen and oxygen atoms in total. The van der Waals surface area contributed by atoms with Gasteiger partial charge in [-0.3, -0.25) is 4.90 Å². The lowest BCUT2D eigenvalue weighted by molar-refractivity contribution is -0.0335. The Labute approximate surface area is 108 Å². The summed E-state index contributed by atoms with van der Waals surface area (Å²) in [5, 5.41) is 13.9. The highest BCUT2D eigenvalue weighted by Gasteiger charge is 2.37. The summed E-state index contributed by atoms with van der Waals surface area (Å²) in [5.74, 6) is 0. The molecule has 0 aromatic carbocycles. The summed E-state index contributed by atoms with van der Waals surface area (Å²) in [7, 11) is 0. The van der Waals surface area contributed by atoms with Gasteiger partial charge in [0, 0.05) is 25.2 Å². The Morgan fingerprint density at radius 2 is 1.67 bits per heavy atom. The van der Waals surface area contributed by atoms with Crippen LogP contribution in [0.1, 0.15) is 32.1 Å². The molecule has 0 aromatic heterocycles. The van der Waals surface area contributed by atoms with Crippen LogP contribution in [0.25, 0.3) is 0 Å². The van der Waals surface area contributed by atoms with Gasteiger partial charge in [-0.1, -0.05) is 19.3 Å². The van der Waals surface area contributed by atoms with Crippen molar-refractivity contribution in [3.05, 3.63) is 0 Å². The standard InChI is InChI=1S/C11H22N2O.CH2O3/c12-10-11(4-2-1-3-5-11)13-6-8-14-9-7-13;2-1(3)4/h1-10,12H2;(H2,2,3,4). The Kier molecular flexibility index (Phi) is 6.38. The minimum Gasteiger partial charge on any atom is -0.450 e. The Morgan fingerprint density at radius 1 is 1.17 bits per heavy atom. The van der Waals surface area contributed by atoms with E-state index >= 15 is 0 Å². The number of nitrogens with zero attached hydrogens (tertiary/aromatic N) is 1. The van der Waals surface area contributed by atoms with E-state index in [0.717, 1.165) is 32.8 Å². The maximum atomic E-state index is 8.56. The summed E-state index contributed by atoms with van der Waals surface area (Å²) in [6, 6.07) is 0. The normalized spacial score (nSPS) is 23.8. The van der Waals surface area contributed by atoms with Crippen molar-refractivity contribution in [3.63, 3.8) is 0 Å². The molecule has 2 fully saturated rings. The number of hydrogen-bond donors (Lipinski definition) is 3. The van der Waals surface area contributed by atoms with E-state index in [1.54, 1.807) is 0 Å². The van der Waals surface area contributed by atoms with Crippen LogP contribution in [-0.4, -0.2) is 59.7 Å². The summed E-state index contributed by atoms with van der Waals surface area (Å²) in [5.41, 5.74) is 6.31. The van der Waals surface area contributed by atoms with Crippen LogP contribution in [0.15, 0.2) is 0 Å². The number of nitrogens with two attached hydrogens (primary N) is 1. The molecule has 0 radical (unpaired) electrons. The summed E-state index contributed by atoms with van der Waals surface area (Å²) < 4.78 is 5.40. The van der Waals surface area contributed by atoms with E-state index in [9.17, 15) is 0 Å². The van der Waals surface area contributed by atoms with Crippen molar-refractivity contribution in [2.24, 2.45) is 5.73 Å². The topological polar surface area (TPSA) is 96.0 Å². The van der Waals surface area contributed by atoms with E-state index in [1.807, 2.05) is 0 Å². The quantitative estimate of drug-likeness (QED) is 0.690. The van der Waals surface area contributed by atoms with Crippen molar-refractivity contribution in [3.8, 4) is 0 Å². The van der Waals surface area contributed by atoms with Crippen LogP contribution in [0.2, 0.25) is 0 Å². The Balaban J connectivity index is 0.000000357. The van der Waals surface area contributed by atoms with E-state index in [-0.39, 0.29) is 0 Å². The second-order valence-electron chi connectivity index (χ2n) is 4.87. The third kappa shape index (κ3) is 4.44. The van der Waals surface area contributed by atoms with Crippen LogP contribution in [-0.2, 0) is 4.74 Å². The number of carboxylic acid groups (broad SMARTS) is 2. The molecule has 18 heavy (non-hydrogen) atoms. The van der Waals surface area contributed by atoms with Gasteiger partial charge in [-0.05, 0) is 12.8 Å².